The van der Waals surface area contributed by atoms with E-state index in [0.29, 0.717) is 25.1 Å². The summed E-state index contributed by atoms with van der Waals surface area (Å²) in [6.07, 6.45) is 4.67. The third-order valence-electron chi connectivity index (χ3n) is 6.01. The van der Waals surface area contributed by atoms with E-state index in [2.05, 4.69) is 41.3 Å². The normalized spacial score (nSPS) is 12.8. The number of nitrogens with one attached hydrogen (secondary N) is 4. The Hall–Kier alpha value is -4.93. The van der Waals surface area contributed by atoms with E-state index >= 15 is 0 Å². The first kappa shape index (κ1) is 23.8. The number of anilines is 4. The fourth-order valence-electron chi connectivity index (χ4n) is 4.09. The summed E-state index contributed by atoms with van der Waals surface area (Å²) in [5.41, 5.74) is 4.42. The molecule has 0 aliphatic carbocycles. The van der Waals surface area contributed by atoms with Crippen molar-refractivity contribution in [2.24, 2.45) is 0 Å². The average Bonchev–Trinajstić information content (AvgIpc) is 3.58. The molecule has 1 aliphatic heterocycles. The lowest BCUT2D eigenvalue weighted by atomic mass is 10.0. The van der Waals surface area contributed by atoms with Crippen molar-refractivity contribution >= 4 is 35.0 Å². The summed E-state index contributed by atoms with van der Waals surface area (Å²) in [5.74, 6) is -0.0710. The number of aromatic nitrogens is 3. The molecule has 0 saturated heterocycles. The van der Waals surface area contributed by atoms with Crippen molar-refractivity contribution in [1.29, 1.82) is 0 Å². The molecule has 5 rings (SSSR count). The van der Waals surface area contributed by atoms with Crippen molar-refractivity contribution in [2.75, 3.05) is 29.2 Å². The van der Waals surface area contributed by atoms with Gasteiger partial charge in [0.15, 0.2) is 0 Å². The van der Waals surface area contributed by atoms with Crippen LogP contribution in [0.1, 0.15) is 34.3 Å². The third kappa shape index (κ3) is 5.50. The summed E-state index contributed by atoms with van der Waals surface area (Å²) in [7, 11) is 1.48. The minimum Gasteiger partial charge on any atom is -0.405 e. The van der Waals surface area contributed by atoms with Gasteiger partial charge in [0, 0.05) is 30.7 Å². The van der Waals surface area contributed by atoms with Crippen molar-refractivity contribution in [3.63, 3.8) is 0 Å². The highest BCUT2D eigenvalue weighted by Gasteiger charge is 2.25. The zero-order valence-corrected chi connectivity index (χ0v) is 20.1. The van der Waals surface area contributed by atoms with E-state index < -0.39 is 12.1 Å². The lowest BCUT2D eigenvalue weighted by Crippen LogP contribution is -2.29. The molecule has 0 radical (unpaired) electrons. The van der Waals surface area contributed by atoms with Gasteiger partial charge in [-0.1, -0.05) is 35.4 Å². The van der Waals surface area contributed by atoms with Crippen LogP contribution in [0, 0.1) is 0 Å². The zero-order valence-electron chi connectivity index (χ0n) is 20.1. The molecule has 3 heterocycles. The number of fused-ring (bicyclic) bond motifs is 1. The van der Waals surface area contributed by atoms with E-state index in [4.69, 9.17) is 4.42 Å². The molecule has 0 saturated carbocycles. The summed E-state index contributed by atoms with van der Waals surface area (Å²) in [4.78, 5) is 31.2. The lowest BCUT2D eigenvalue weighted by Gasteiger charge is -2.19. The van der Waals surface area contributed by atoms with E-state index in [0.717, 1.165) is 22.6 Å². The van der Waals surface area contributed by atoms with Crippen LogP contribution in [-0.4, -0.2) is 40.8 Å². The Morgan fingerprint density at radius 2 is 1.89 bits per heavy atom. The largest absolute Gasteiger partial charge is 0.405 e. The Labute approximate surface area is 213 Å². The number of hydrogen-bond acceptors (Lipinski definition) is 8. The number of carbonyl (C=O) groups is 2. The van der Waals surface area contributed by atoms with Crippen LogP contribution in [0.15, 0.2) is 77.5 Å². The quantitative estimate of drug-likeness (QED) is 0.288. The summed E-state index contributed by atoms with van der Waals surface area (Å²) in [5, 5.41) is 19.2. The monoisotopic (exact) mass is 498 g/mol. The second-order valence-electron chi connectivity index (χ2n) is 8.40. The number of rotatable bonds is 8. The van der Waals surface area contributed by atoms with Gasteiger partial charge in [0.2, 0.25) is 5.89 Å². The van der Waals surface area contributed by atoms with Gasteiger partial charge in [0.1, 0.15) is 6.04 Å². The fourth-order valence-corrected chi connectivity index (χ4v) is 4.09. The number of aryl methyl sites for hydroxylation is 1. The van der Waals surface area contributed by atoms with Gasteiger partial charge in [-0.3, -0.25) is 15.1 Å². The summed E-state index contributed by atoms with van der Waals surface area (Å²) < 4.78 is 5.66. The first-order valence-corrected chi connectivity index (χ1v) is 11.8. The number of hydrogen-bond donors (Lipinski definition) is 4. The maximum Gasteiger partial charge on any atom is 0.323 e. The Bertz CT molecular complexity index is 1380. The molecule has 1 unspecified atom stereocenters. The van der Waals surface area contributed by atoms with Crippen LogP contribution in [0.5, 0.6) is 0 Å². The predicted octanol–water partition coefficient (Wildman–Crippen LogP) is 3.84. The minimum absolute atomic E-state index is 0.0510. The van der Waals surface area contributed by atoms with E-state index in [-0.39, 0.29) is 17.8 Å². The van der Waals surface area contributed by atoms with Gasteiger partial charge in [0.05, 0.1) is 18.0 Å². The Balaban J connectivity index is 1.36. The number of urea groups is 1. The Morgan fingerprint density at radius 1 is 1.08 bits per heavy atom. The first-order valence-electron chi connectivity index (χ1n) is 11.8. The molecule has 37 heavy (non-hydrogen) atoms. The molecule has 4 aromatic rings. The molecule has 0 spiro atoms. The maximum atomic E-state index is 13.4. The molecule has 4 N–H and O–H groups in total. The van der Waals surface area contributed by atoms with Gasteiger partial charge in [-0.15, -0.1) is 5.10 Å². The van der Waals surface area contributed by atoms with Crippen LogP contribution in [0.3, 0.4) is 0 Å². The smallest absolute Gasteiger partial charge is 0.323 e. The highest BCUT2D eigenvalue weighted by molar-refractivity contribution is 5.97. The zero-order chi connectivity index (χ0) is 25.6. The van der Waals surface area contributed by atoms with E-state index in [9.17, 15) is 9.59 Å². The summed E-state index contributed by atoms with van der Waals surface area (Å²) in [6, 6.07) is 18.2. The average molecular weight is 499 g/mol. The number of pyridine rings is 1. The number of benzene rings is 2. The molecule has 11 heteroatoms. The van der Waals surface area contributed by atoms with Crippen LogP contribution in [-0.2, 0) is 6.42 Å². The van der Waals surface area contributed by atoms with Crippen LogP contribution in [0.4, 0.5) is 27.9 Å². The fraction of sp³-hybridized carbons (Fsp3) is 0.192. The molecular formula is C26H26N8O3. The molecule has 2 aromatic heterocycles. The summed E-state index contributed by atoms with van der Waals surface area (Å²) >= 11 is 0. The molecule has 1 aliphatic rings. The highest BCUT2D eigenvalue weighted by Crippen LogP contribution is 2.37. The second kappa shape index (κ2) is 10.8. The topological polar surface area (TPSA) is 137 Å². The van der Waals surface area contributed by atoms with E-state index in [1.54, 1.807) is 18.5 Å². The van der Waals surface area contributed by atoms with Gasteiger partial charge < -0.3 is 25.3 Å². The van der Waals surface area contributed by atoms with Crippen molar-refractivity contribution < 1.29 is 14.0 Å². The Morgan fingerprint density at radius 3 is 2.68 bits per heavy atom. The summed E-state index contributed by atoms with van der Waals surface area (Å²) in [6.45, 7) is 0.590. The standard InChI is InChI=1S/C26H26N8O3/c1-27-25(36)31-26-33-32-24(37-26)21(9-7-17-5-3-2-4-6-17)30-23(35)18-8-10-20-22(15-18)34(16-29-20)19-11-13-28-14-12-19/h2-6,8,10-15,21,29H,7,9,16H2,1H3,(H,30,35)(H2,27,31,33,36). The van der Waals surface area contributed by atoms with Crippen LogP contribution >= 0.6 is 0 Å². The lowest BCUT2D eigenvalue weighted by molar-refractivity contribution is 0.0928. The molecule has 0 bridgehead atoms. The van der Waals surface area contributed by atoms with E-state index in [1.165, 1.54) is 7.05 Å². The molecule has 1 atom stereocenters. The Kier molecular flexibility index (Phi) is 6.93. The van der Waals surface area contributed by atoms with Gasteiger partial charge in [-0.05, 0) is 48.7 Å². The van der Waals surface area contributed by atoms with Gasteiger partial charge in [-0.25, -0.2) is 4.79 Å². The van der Waals surface area contributed by atoms with Crippen molar-refractivity contribution in [2.45, 2.75) is 18.9 Å². The van der Waals surface area contributed by atoms with Crippen molar-refractivity contribution in [3.8, 4) is 0 Å². The van der Waals surface area contributed by atoms with E-state index in [1.807, 2.05) is 54.6 Å². The molecule has 0 fully saturated rings. The maximum absolute atomic E-state index is 13.4. The molecular weight excluding hydrogens is 472 g/mol. The molecule has 188 valence electrons. The first-order chi connectivity index (χ1) is 18.1. The number of nitrogens with zero attached hydrogens (tertiary/aromatic N) is 4. The second-order valence-corrected chi connectivity index (χ2v) is 8.40. The van der Waals surface area contributed by atoms with Gasteiger partial charge >= 0.3 is 12.0 Å². The van der Waals surface area contributed by atoms with Gasteiger partial charge in [0.25, 0.3) is 5.91 Å². The van der Waals surface area contributed by atoms with Crippen LogP contribution < -0.4 is 26.2 Å². The molecule has 11 nitrogen and oxygen atoms in total. The highest BCUT2D eigenvalue weighted by atomic mass is 16.4. The van der Waals surface area contributed by atoms with Crippen LogP contribution in [0.25, 0.3) is 0 Å². The predicted molar refractivity (Wildman–Crippen MR) is 139 cm³/mol. The molecule has 2 aromatic carbocycles. The SMILES string of the molecule is CNC(=O)Nc1nnc(C(CCc2ccccc2)NC(=O)c2ccc3c(c2)N(c2ccncc2)CN3)o1. The van der Waals surface area contributed by atoms with Gasteiger partial charge in [-0.2, -0.15) is 0 Å². The van der Waals surface area contributed by atoms with Crippen LogP contribution in [0.2, 0.25) is 0 Å². The number of carbonyl (C=O) groups excluding carboxylic acids is 2. The van der Waals surface area contributed by atoms with Crippen molar-refractivity contribution in [3.05, 3.63) is 90.1 Å². The molecule has 3 amide bonds. The number of amides is 3. The minimum atomic E-state index is -0.567. The van der Waals surface area contributed by atoms with Crippen molar-refractivity contribution in [1.82, 2.24) is 25.8 Å². The third-order valence-corrected chi connectivity index (χ3v) is 6.01.